The highest BCUT2D eigenvalue weighted by Gasteiger charge is 2.44. The van der Waals surface area contributed by atoms with E-state index in [0.717, 1.165) is 48.1 Å². The van der Waals surface area contributed by atoms with Crippen molar-refractivity contribution in [3.8, 4) is 17.3 Å². The first-order valence-corrected chi connectivity index (χ1v) is 31.5. The number of rotatable bonds is 30. The van der Waals surface area contributed by atoms with E-state index in [-0.39, 0.29) is 87.9 Å². The number of ether oxygens (including phenoxy) is 5. The topological polar surface area (TPSA) is 272 Å². The summed E-state index contributed by atoms with van der Waals surface area (Å²) in [5.41, 5.74) is 3.57. The summed E-state index contributed by atoms with van der Waals surface area (Å²) in [6, 6.07) is 22.5. The van der Waals surface area contributed by atoms with Gasteiger partial charge in [-0.1, -0.05) is 63.2 Å². The minimum absolute atomic E-state index is 0.0774. The molecule has 0 saturated carbocycles. The van der Waals surface area contributed by atoms with Gasteiger partial charge in [0.05, 0.1) is 52.2 Å². The van der Waals surface area contributed by atoms with Gasteiger partial charge in [0.1, 0.15) is 59.7 Å². The number of nitrogens with one attached hydrogen (secondary N) is 5. The maximum atomic E-state index is 15.0. The van der Waals surface area contributed by atoms with Crippen LogP contribution in [0.1, 0.15) is 124 Å². The van der Waals surface area contributed by atoms with Crippen LogP contribution < -0.4 is 31.3 Å². The summed E-state index contributed by atoms with van der Waals surface area (Å²) in [6.07, 6.45) is 5.86. The number of aryl methyl sites for hydroxylation is 1. The largest absolute Gasteiger partial charge is 0.491 e. The Bertz CT molecular complexity index is 3500. The maximum absolute atomic E-state index is 15.0. The van der Waals surface area contributed by atoms with Crippen LogP contribution in [0.15, 0.2) is 104 Å². The lowest BCUT2D eigenvalue weighted by Gasteiger charge is -2.42. The van der Waals surface area contributed by atoms with Crippen LogP contribution >= 0.6 is 0 Å². The fourth-order valence-corrected chi connectivity index (χ4v) is 10.7. The highest BCUT2D eigenvalue weighted by atomic mass is 19.1. The van der Waals surface area contributed by atoms with Gasteiger partial charge in [0.2, 0.25) is 23.6 Å². The number of anilines is 1. The number of fused-ring (bicyclic) bond motifs is 2. The van der Waals surface area contributed by atoms with Crippen LogP contribution in [0.2, 0.25) is 0 Å². The van der Waals surface area contributed by atoms with Gasteiger partial charge in [0.25, 0.3) is 5.91 Å². The van der Waals surface area contributed by atoms with Crippen molar-refractivity contribution < 1.29 is 61.2 Å². The first kappa shape index (κ1) is 69.9. The number of likely N-dealkylation sites (N-methyl/N-ethyl adjacent to an activating group) is 1. The number of carbonyl (C=O) groups excluding carboxylic acids is 6. The van der Waals surface area contributed by atoms with Crippen molar-refractivity contribution in [3.63, 3.8) is 0 Å². The van der Waals surface area contributed by atoms with E-state index in [2.05, 4.69) is 52.8 Å². The molecule has 0 radical (unpaired) electrons. The molecule has 4 aromatic carbocycles. The molecule has 0 saturated heterocycles. The number of carbonyl (C=O) groups is 6. The van der Waals surface area contributed by atoms with Gasteiger partial charge in [-0.05, 0) is 130 Å². The molecule has 6 aromatic rings. The number of benzene rings is 4. The molecular weight excluding hydrogens is 1200 g/mol. The molecule has 2 aromatic heterocycles. The molecule has 23 nitrogen and oxygen atoms in total. The molecule has 4 atom stereocenters. The van der Waals surface area contributed by atoms with Crippen molar-refractivity contribution in [1.82, 2.24) is 55.8 Å². The number of amides is 6. The second-order valence-electron chi connectivity index (χ2n) is 25.0. The molecule has 25 heteroatoms. The minimum atomic E-state index is -1.07. The van der Waals surface area contributed by atoms with Crippen molar-refractivity contribution in [2.45, 2.75) is 143 Å². The van der Waals surface area contributed by atoms with Crippen LogP contribution in [-0.2, 0) is 77.1 Å². The molecule has 0 bridgehead atoms. The Morgan fingerprint density at radius 2 is 1.49 bits per heavy atom. The summed E-state index contributed by atoms with van der Waals surface area (Å²) in [4.78, 5) is 93.2. The van der Waals surface area contributed by atoms with Crippen molar-refractivity contribution in [2.75, 3.05) is 65.2 Å². The third-order valence-corrected chi connectivity index (χ3v) is 15.9. The van der Waals surface area contributed by atoms with Crippen LogP contribution in [0.25, 0.3) is 11.5 Å². The van der Waals surface area contributed by atoms with Gasteiger partial charge in [0.15, 0.2) is 11.6 Å². The van der Waals surface area contributed by atoms with E-state index in [1.165, 1.54) is 29.9 Å². The van der Waals surface area contributed by atoms with Gasteiger partial charge in [-0.25, -0.2) is 23.5 Å². The molecular formula is C68H86F2N12O11. The van der Waals surface area contributed by atoms with E-state index >= 15 is 4.79 Å². The monoisotopic (exact) mass is 1280 g/mol. The van der Waals surface area contributed by atoms with Crippen LogP contribution in [0, 0.1) is 17.0 Å². The maximum Gasteiger partial charge on any atom is 0.410 e. The first-order valence-electron chi connectivity index (χ1n) is 31.5. The summed E-state index contributed by atoms with van der Waals surface area (Å²) in [7, 11) is 1.47. The zero-order valence-corrected chi connectivity index (χ0v) is 54.2. The third kappa shape index (κ3) is 20.0. The molecule has 3 heterocycles. The molecule has 0 fully saturated rings. The van der Waals surface area contributed by atoms with Gasteiger partial charge in [-0.3, -0.25) is 28.9 Å². The zero-order valence-electron chi connectivity index (χ0n) is 54.2. The number of aromatic nitrogens is 5. The fourth-order valence-electron chi connectivity index (χ4n) is 10.7. The predicted octanol–water partition coefficient (Wildman–Crippen LogP) is 7.81. The van der Waals surface area contributed by atoms with E-state index in [1.54, 1.807) is 69.1 Å². The standard InChI is InChI=1S/C68H86F2N12O11/c1-44(80(8)66(88)93-68(5,6)7)62(84)77-60(67(2,3)4)65(87)82-42-48-38-50(24-23-46(48)39-57(82)64(86)76-55-22-12-16-45-15-9-10-19-51(45)55)92-36-35-91-34-33-90-32-31-89-30-26-59(83)72-27-14-29-81-58(78-79-61(81)56-25-28-71-43-75-56)41-73-49-18-11-17-47(37-49)63(85)74-40-52-53(69)20-13-21-54(52)70/h9-11,13,15,17-21,23-25,28,37-38,43-44,55,57,60,73H,12,14,16,22,26-27,29-36,39-42H2,1-8H3,(H,72,83)(H,74,85)(H,76,86)(H,77,84)/t44-,55+,57-,60?/m0/s1. The number of hydrogen-bond acceptors (Lipinski definition) is 16. The molecule has 1 unspecified atom stereocenters. The molecule has 8 rings (SSSR count). The highest BCUT2D eigenvalue weighted by Crippen LogP contribution is 2.34. The lowest BCUT2D eigenvalue weighted by molar-refractivity contribution is -0.147. The van der Waals surface area contributed by atoms with Crippen molar-refractivity contribution in [2.24, 2.45) is 5.41 Å². The molecule has 6 amide bonds. The van der Waals surface area contributed by atoms with E-state index in [9.17, 15) is 32.8 Å². The molecule has 2 aliphatic rings. The number of nitrogens with zero attached hydrogens (tertiary/aromatic N) is 7. The zero-order chi connectivity index (χ0) is 66.7. The Balaban J connectivity index is 0.743. The summed E-state index contributed by atoms with van der Waals surface area (Å²) in [5.74, 6) is -1.81. The Labute approximate surface area is 541 Å². The SMILES string of the molecule is C[C@@H](C(=O)NC(C(=O)N1Cc2cc(OCCOCCOCCOCCC(=O)NCCCn3c(CNc4cccc(C(=O)NCc5c(F)cccc5F)c4)nnc3-c3ccncn3)ccc2C[C@H]1C(=O)N[C@@H]1CCCc2ccccc21)C(C)(C)C)N(C)C(=O)OC(C)(C)C. The van der Waals surface area contributed by atoms with Crippen LogP contribution in [-0.4, -0.2) is 154 Å². The van der Waals surface area contributed by atoms with Gasteiger partial charge >= 0.3 is 6.09 Å². The summed E-state index contributed by atoms with van der Waals surface area (Å²) < 4.78 is 58.9. The van der Waals surface area contributed by atoms with E-state index in [4.69, 9.17) is 23.7 Å². The smallest absolute Gasteiger partial charge is 0.410 e. The second kappa shape index (κ2) is 33.1. The molecule has 93 heavy (non-hydrogen) atoms. The summed E-state index contributed by atoms with van der Waals surface area (Å²) in [6.45, 7) is 15.0. The summed E-state index contributed by atoms with van der Waals surface area (Å²) >= 11 is 0. The first-order chi connectivity index (χ1) is 44.5. The molecule has 1 aliphatic heterocycles. The Hall–Kier alpha value is -8.94. The number of hydrogen-bond donors (Lipinski definition) is 5. The van der Waals surface area contributed by atoms with E-state index in [0.29, 0.717) is 68.1 Å². The van der Waals surface area contributed by atoms with Crippen LogP contribution in [0.3, 0.4) is 0 Å². The van der Waals surface area contributed by atoms with Crippen LogP contribution in [0.4, 0.5) is 19.3 Å². The molecule has 498 valence electrons. The lowest BCUT2D eigenvalue weighted by Crippen LogP contribution is -2.62. The lowest BCUT2D eigenvalue weighted by atomic mass is 9.83. The predicted molar refractivity (Wildman–Crippen MR) is 342 cm³/mol. The summed E-state index contributed by atoms with van der Waals surface area (Å²) in [5, 5.41) is 23.8. The van der Waals surface area contributed by atoms with Gasteiger partial charge in [0, 0.05) is 69.1 Å². The Morgan fingerprint density at radius 1 is 0.774 bits per heavy atom. The van der Waals surface area contributed by atoms with Crippen LogP contribution in [0.5, 0.6) is 5.75 Å². The van der Waals surface area contributed by atoms with E-state index in [1.807, 2.05) is 61.7 Å². The second-order valence-corrected chi connectivity index (χ2v) is 25.0. The highest BCUT2D eigenvalue weighted by molar-refractivity contribution is 5.96. The third-order valence-electron chi connectivity index (χ3n) is 15.9. The molecule has 1 aliphatic carbocycles. The minimum Gasteiger partial charge on any atom is -0.491 e. The van der Waals surface area contributed by atoms with Gasteiger partial charge in [-0.15, -0.1) is 10.2 Å². The normalized spacial score (nSPS) is 15.2. The molecule has 5 N–H and O–H groups in total. The van der Waals surface area contributed by atoms with Crippen molar-refractivity contribution >= 4 is 41.3 Å². The Morgan fingerprint density at radius 3 is 2.22 bits per heavy atom. The average Bonchev–Trinajstić information content (AvgIpc) is 1.31. The van der Waals surface area contributed by atoms with Crippen molar-refractivity contribution in [1.29, 1.82) is 0 Å². The fraction of sp³-hybridized carbons (Fsp3) is 0.471. The van der Waals surface area contributed by atoms with Crippen molar-refractivity contribution in [3.05, 3.63) is 154 Å². The van der Waals surface area contributed by atoms with Gasteiger partial charge in [-0.2, -0.15) is 0 Å². The van der Waals surface area contributed by atoms with E-state index < -0.39 is 64.6 Å². The Kier molecular flexibility index (Phi) is 24.9. The average molecular weight is 1290 g/mol. The van der Waals surface area contributed by atoms with Gasteiger partial charge < -0.3 is 59.7 Å². The quantitative estimate of drug-likeness (QED) is 0.0269. The number of halogens is 2. The molecule has 0 spiro atoms.